The van der Waals surface area contributed by atoms with Gasteiger partial charge in [-0.15, -0.1) is 0 Å². The number of halogens is 1. The molecule has 0 atom stereocenters. The number of benzene rings is 1. The van der Waals surface area contributed by atoms with Crippen LogP contribution >= 0.6 is 0 Å². The minimum absolute atomic E-state index is 0.0959. The second-order valence-electron chi connectivity index (χ2n) is 6.62. The predicted molar refractivity (Wildman–Crippen MR) is 109 cm³/mol. The topological polar surface area (TPSA) is 70.3 Å². The fraction of sp³-hybridized carbons (Fsp3) is 0.429. The number of aliphatic imine (C=N–C) groups is 1. The molecule has 2 heterocycles. The summed E-state index contributed by atoms with van der Waals surface area (Å²) >= 11 is 0. The lowest BCUT2D eigenvalue weighted by Gasteiger charge is -2.36. The van der Waals surface area contributed by atoms with Gasteiger partial charge in [0, 0.05) is 32.7 Å². The molecule has 7 nitrogen and oxygen atoms in total. The molecule has 29 heavy (non-hydrogen) atoms. The number of nitrogens with zero attached hydrogens (tertiary/aromatic N) is 3. The highest BCUT2D eigenvalue weighted by Crippen LogP contribution is 2.19. The number of furan rings is 1. The van der Waals surface area contributed by atoms with Crippen LogP contribution in [0.3, 0.4) is 0 Å². The molecule has 1 aromatic heterocycles. The number of carbonyl (C=O) groups excluding carboxylic acids is 1. The van der Waals surface area contributed by atoms with Crippen LogP contribution in [0.2, 0.25) is 0 Å². The molecule has 1 N–H and O–H groups in total. The van der Waals surface area contributed by atoms with E-state index < -0.39 is 0 Å². The Kier molecular flexibility index (Phi) is 7.10. The molecular formula is C21H27FN4O3. The van der Waals surface area contributed by atoms with Gasteiger partial charge in [-0.2, -0.15) is 0 Å². The Balaban J connectivity index is 1.61. The Morgan fingerprint density at radius 1 is 1.21 bits per heavy atom. The van der Waals surface area contributed by atoms with Crippen LogP contribution in [0.4, 0.5) is 4.39 Å². The van der Waals surface area contributed by atoms with Crippen molar-refractivity contribution in [2.45, 2.75) is 20.4 Å². The fourth-order valence-corrected chi connectivity index (χ4v) is 3.18. The van der Waals surface area contributed by atoms with Crippen molar-refractivity contribution < 1.29 is 18.3 Å². The van der Waals surface area contributed by atoms with Crippen molar-refractivity contribution in [2.75, 3.05) is 39.3 Å². The highest BCUT2D eigenvalue weighted by molar-refractivity contribution is 5.91. The third kappa shape index (κ3) is 5.28. The van der Waals surface area contributed by atoms with Crippen LogP contribution < -0.4 is 10.1 Å². The molecule has 8 heteroatoms. The van der Waals surface area contributed by atoms with E-state index in [1.165, 1.54) is 12.3 Å². The number of hydrogen-bond acceptors (Lipinski definition) is 4. The van der Waals surface area contributed by atoms with Crippen molar-refractivity contribution in [3.63, 3.8) is 0 Å². The van der Waals surface area contributed by atoms with Crippen molar-refractivity contribution in [1.29, 1.82) is 0 Å². The third-order valence-electron chi connectivity index (χ3n) is 4.64. The van der Waals surface area contributed by atoms with Crippen LogP contribution in [-0.4, -0.2) is 61.0 Å². The summed E-state index contributed by atoms with van der Waals surface area (Å²) in [7, 11) is 0. The monoisotopic (exact) mass is 402 g/mol. The van der Waals surface area contributed by atoms with Gasteiger partial charge < -0.3 is 24.3 Å². The molecule has 0 aliphatic carbocycles. The number of piperazine rings is 1. The van der Waals surface area contributed by atoms with E-state index in [1.807, 2.05) is 19.9 Å². The first-order chi connectivity index (χ1) is 14.1. The fourth-order valence-electron chi connectivity index (χ4n) is 3.18. The van der Waals surface area contributed by atoms with Gasteiger partial charge in [-0.3, -0.25) is 4.79 Å². The summed E-state index contributed by atoms with van der Waals surface area (Å²) in [5.74, 6) is 0.893. The maximum absolute atomic E-state index is 14.1. The Morgan fingerprint density at radius 3 is 2.59 bits per heavy atom. The first kappa shape index (κ1) is 20.7. The molecule has 2 aromatic rings. The highest BCUT2D eigenvalue weighted by Gasteiger charge is 2.25. The van der Waals surface area contributed by atoms with E-state index in [4.69, 9.17) is 9.15 Å². The number of ether oxygens (including phenoxy) is 1. The quantitative estimate of drug-likeness (QED) is 0.594. The average molecular weight is 402 g/mol. The van der Waals surface area contributed by atoms with Crippen molar-refractivity contribution in [3.8, 4) is 5.75 Å². The van der Waals surface area contributed by atoms with E-state index in [1.54, 1.807) is 23.1 Å². The van der Waals surface area contributed by atoms with Crippen molar-refractivity contribution in [3.05, 3.63) is 53.7 Å². The van der Waals surface area contributed by atoms with E-state index in [0.717, 1.165) is 18.1 Å². The number of guanidine groups is 1. The van der Waals surface area contributed by atoms with Gasteiger partial charge in [-0.1, -0.05) is 6.07 Å². The Labute approximate surface area is 170 Å². The zero-order valence-corrected chi connectivity index (χ0v) is 16.9. The Bertz CT molecular complexity index is 830. The first-order valence-electron chi connectivity index (χ1n) is 9.89. The van der Waals surface area contributed by atoms with Gasteiger partial charge in [0.2, 0.25) is 0 Å². The highest BCUT2D eigenvalue weighted by atomic mass is 19.1. The van der Waals surface area contributed by atoms with Crippen molar-refractivity contribution >= 4 is 11.9 Å². The van der Waals surface area contributed by atoms with Gasteiger partial charge in [0.15, 0.2) is 23.3 Å². The lowest BCUT2D eigenvalue weighted by Crippen LogP contribution is -2.53. The Morgan fingerprint density at radius 2 is 1.97 bits per heavy atom. The smallest absolute Gasteiger partial charge is 0.289 e. The van der Waals surface area contributed by atoms with E-state index in [2.05, 4.69) is 15.2 Å². The van der Waals surface area contributed by atoms with Gasteiger partial charge in [0.05, 0.1) is 19.4 Å². The second kappa shape index (κ2) is 9.95. The van der Waals surface area contributed by atoms with Crippen LogP contribution in [0.15, 0.2) is 46.0 Å². The standard InChI is InChI=1S/C21H27FN4O3/c1-3-23-21(24-15-16-7-8-18(28-4-2)17(22)14-16)26-11-9-25(10-12-26)20(27)19-6-5-13-29-19/h5-8,13-14H,3-4,9-12,15H2,1-2H3,(H,23,24). The molecule has 3 rings (SSSR count). The van der Waals surface area contributed by atoms with E-state index in [0.29, 0.717) is 45.1 Å². The van der Waals surface area contributed by atoms with Gasteiger partial charge in [-0.05, 0) is 43.7 Å². The molecular weight excluding hydrogens is 375 g/mol. The molecule has 0 unspecified atom stereocenters. The number of carbonyl (C=O) groups is 1. The minimum atomic E-state index is -0.380. The lowest BCUT2D eigenvalue weighted by molar-refractivity contribution is 0.0657. The van der Waals surface area contributed by atoms with Crippen LogP contribution in [-0.2, 0) is 6.54 Å². The molecule has 1 amide bonds. The van der Waals surface area contributed by atoms with Crippen LogP contribution in [0.1, 0.15) is 30.0 Å². The second-order valence-corrected chi connectivity index (χ2v) is 6.62. The largest absolute Gasteiger partial charge is 0.491 e. The van der Waals surface area contributed by atoms with Crippen LogP contribution in [0.5, 0.6) is 5.75 Å². The van der Waals surface area contributed by atoms with Crippen molar-refractivity contribution in [1.82, 2.24) is 15.1 Å². The van der Waals surface area contributed by atoms with E-state index in [9.17, 15) is 9.18 Å². The van der Waals surface area contributed by atoms with E-state index >= 15 is 0 Å². The summed E-state index contributed by atoms with van der Waals surface area (Å²) in [4.78, 5) is 20.9. The molecule has 0 radical (unpaired) electrons. The summed E-state index contributed by atoms with van der Waals surface area (Å²) in [6, 6.07) is 8.30. The maximum atomic E-state index is 14.1. The molecule has 0 spiro atoms. The predicted octanol–water partition coefficient (Wildman–Crippen LogP) is 2.74. The summed E-state index contributed by atoms with van der Waals surface area (Å²) in [6.07, 6.45) is 1.50. The first-order valence-corrected chi connectivity index (χ1v) is 9.89. The third-order valence-corrected chi connectivity index (χ3v) is 4.64. The van der Waals surface area contributed by atoms with Gasteiger partial charge in [0.1, 0.15) is 0 Å². The van der Waals surface area contributed by atoms with Crippen LogP contribution in [0, 0.1) is 5.82 Å². The van der Waals surface area contributed by atoms with Gasteiger partial charge >= 0.3 is 0 Å². The molecule has 1 aliphatic rings. The van der Waals surface area contributed by atoms with Gasteiger partial charge in [0.25, 0.3) is 5.91 Å². The molecule has 156 valence electrons. The SMILES string of the molecule is CCNC(=NCc1ccc(OCC)c(F)c1)N1CCN(C(=O)c2ccco2)CC1. The molecule has 1 fully saturated rings. The van der Waals surface area contributed by atoms with Gasteiger partial charge in [-0.25, -0.2) is 9.38 Å². The zero-order chi connectivity index (χ0) is 20.6. The minimum Gasteiger partial charge on any atom is -0.491 e. The van der Waals surface area contributed by atoms with Crippen LogP contribution in [0.25, 0.3) is 0 Å². The average Bonchev–Trinajstić information content (AvgIpc) is 3.27. The maximum Gasteiger partial charge on any atom is 0.289 e. The molecule has 1 saturated heterocycles. The Hall–Kier alpha value is -3.03. The number of amides is 1. The van der Waals surface area contributed by atoms with Crippen molar-refractivity contribution in [2.24, 2.45) is 4.99 Å². The summed E-state index contributed by atoms with van der Waals surface area (Å²) in [6.45, 7) is 7.83. The zero-order valence-electron chi connectivity index (χ0n) is 16.9. The summed E-state index contributed by atoms with van der Waals surface area (Å²) in [5, 5.41) is 3.28. The number of rotatable bonds is 6. The molecule has 0 saturated carbocycles. The molecule has 1 aromatic carbocycles. The number of hydrogen-bond donors (Lipinski definition) is 1. The summed E-state index contributed by atoms with van der Waals surface area (Å²) < 4.78 is 24.5. The molecule has 0 bridgehead atoms. The lowest BCUT2D eigenvalue weighted by atomic mass is 10.2. The van der Waals surface area contributed by atoms with E-state index in [-0.39, 0.29) is 17.5 Å². The summed E-state index contributed by atoms with van der Waals surface area (Å²) in [5.41, 5.74) is 0.771. The number of nitrogens with one attached hydrogen (secondary N) is 1. The molecule has 1 aliphatic heterocycles. The normalized spacial score (nSPS) is 14.8.